The van der Waals surface area contributed by atoms with Crippen molar-refractivity contribution in [2.24, 2.45) is 0 Å². The lowest BCUT2D eigenvalue weighted by Crippen LogP contribution is -2.31. The number of nitrogens with zero attached hydrogens (tertiary/aromatic N) is 1. The molecule has 0 bridgehead atoms. The Labute approximate surface area is 155 Å². The van der Waals surface area contributed by atoms with E-state index < -0.39 is 17.8 Å². The maximum Gasteiger partial charge on any atom is 0.333 e. The quantitative estimate of drug-likeness (QED) is 0.281. The average Bonchev–Trinajstić information content (AvgIpc) is 2.87. The maximum atomic E-state index is 11.6. The minimum atomic E-state index is -0.526. The predicted octanol–water partition coefficient (Wildman–Crippen LogP) is 3.45. The lowest BCUT2D eigenvalue weighted by atomic mass is 10.1. The molecule has 0 aromatic heterocycles. The van der Waals surface area contributed by atoms with Crippen LogP contribution in [-0.4, -0.2) is 34.9 Å². The molecular weight excluding hydrogens is 338 g/mol. The lowest BCUT2D eigenvalue weighted by molar-refractivity contribution is -0.197. The largest absolute Gasteiger partial charge is 0.463 e. The predicted molar refractivity (Wildman–Crippen MR) is 94.6 cm³/mol. The normalized spacial score (nSPS) is 14.2. The van der Waals surface area contributed by atoms with Crippen LogP contribution in [0.1, 0.15) is 90.9 Å². The second-order valence-corrected chi connectivity index (χ2v) is 6.91. The van der Waals surface area contributed by atoms with E-state index in [-0.39, 0.29) is 31.3 Å². The van der Waals surface area contributed by atoms with Crippen molar-refractivity contribution in [2.45, 2.75) is 97.0 Å². The van der Waals surface area contributed by atoms with Crippen LogP contribution < -0.4 is 0 Å². The topological polar surface area (TPSA) is 90.0 Å². The molecule has 148 valence electrons. The number of esters is 1. The molecule has 1 aliphatic heterocycles. The summed E-state index contributed by atoms with van der Waals surface area (Å²) in [6.07, 6.45) is 8.72. The molecule has 7 heteroatoms. The van der Waals surface area contributed by atoms with Crippen LogP contribution in [0.4, 0.5) is 0 Å². The van der Waals surface area contributed by atoms with E-state index in [1.807, 2.05) is 13.8 Å². The van der Waals surface area contributed by atoms with Crippen molar-refractivity contribution >= 4 is 23.8 Å². The first-order chi connectivity index (χ1) is 12.4. The van der Waals surface area contributed by atoms with Crippen molar-refractivity contribution in [2.75, 3.05) is 0 Å². The molecule has 0 atom stereocenters. The van der Waals surface area contributed by atoms with Crippen LogP contribution in [0.25, 0.3) is 0 Å². The van der Waals surface area contributed by atoms with E-state index >= 15 is 0 Å². The highest BCUT2D eigenvalue weighted by molar-refractivity contribution is 6.01. The van der Waals surface area contributed by atoms with Crippen LogP contribution in [0, 0.1) is 0 Å². The summed E-state index contributed by atoms with van der Waals surface area (Å²) in [5.74, 6) is -1.53. The molecule has 0 aliphatic carbocycles. The Hall–Kier alpha value is -1.92. The fourth-order valence-corrected chi connectivity index (χ4v) is 2.73. The van der Waals surface area contributed by atoms with Gasteiger partial charge in [0, 0.05) is 25.7 Å². The summed E-state index contributed by atoms with van der Waals surface area (Å²) in [6, 6.07) is 0. The summed E-state index contributed by atoms with van der Waals surface area (Å²) in [5.41, 5.74) is 0. The van der Waals surface area contributed by atoms with E-state index in [1.54, 1.807) is 0 Å². The standard InChI is InChI=1S/C19H31NO6/c1-15(2)25-18(23)11-9-7-5-3-4-6-8-10-12-19(24)26-20-16(21)13-14-17(20)22/h15H,3-14H2,1-2H3. The lowest BCUT2D eigenvalue weighted by Gasteiger charge is -2.12. The van der Waals surface area contributed by atoms with Crippen molar-refractivity contribution in [3.05, 3.63) is 0 Å². The third-order valence-electron chi connectivity index (χ3n) is 4.08. The molecular formula is C19H31NO6. The van der Waals surface area contributed by atoms with Gasteiger partial charge in [-0.1, -0.05) is 38.5 Å². The number of ether oxygens (including phenoxy) is 1. The summed E-state index contributed by atoms with van der Waals surface area (Å²) >= 11 is 0. The first-order valence-corrected chi connectivity index (χ1v) is 9.66. The van der Waals surface area contributed by atoms with Gasteiger partial charge in [-0.25, -0.2) is 4.79 Å². The molecule has 0 aromatic rings. The number of amides is 2. The zero-order chi connectivity index (χ0) is 19.4. The Morgan fingerprint density at radius 1 is 0.808 bits per heavy atom. The number of carbonyl (C=O) groups excluding carboxylic acids is 4. The Morgan fingerprint density at radius 3 is 1.69 bits per heavy atom. The first kappa shape index (κ1) is 22.1. The Kier molecular flexibility index (Phi) is 10.6. The average molecular weight is 369 g/mol. The van der Waals surface area contributed by atoms with Crippen LogP contribution in [0.2, 0.25) is 0 Å². The van der Waals surface area contributed by atoms with E-state index in [0.717, 1.165) is 44.9 Å². The smallest absolute Gasteiger partial charge is 0.333 e. The Balaban J connectivity index is 1.90. The molecule has 7 nitrogen and oxygen atoms in total. The van der Waals surface area contributed by atoms with Crippen LogP contribution in [0.15, 0.2) is 0 Å². The highest BCUT2D eigenvalue weighted by atomic mass is 16.7. The number of hydroxylamine groups is 2. The second kappa shape index (κ2) is 12.4. The third kappa shape index (κ3) is 9.53. The van der Waals surface area contributed by atoms with Gasteiger partial charge in [0.15, 0.2) is 0 Å². The number of rotatable bonds is 13. The number of hydrogen-bond donors (Lipinski definition) is 0. The molecule has 0 unspecified atom stereocenters. The van der Waals surface area contributed by atoms with E-state index in [4.69, 9.17) is 9.57 Å². The van der Waals surface area contributed by atoms with Crippen molar-refractivity contribution in [1.29, 1.82) is 0 Å². The van der Waals surface area contributed by atoms with Gasteiger partial charge in [-0.05, 0) is 26.7 Å². The maximum absolute atomic E-state index is 11.6. The molecule has 0 spiro atoms. The second-order valence-electron chi connectivity index (χ2n) is 6.91. The molecule has 1 aliphatic rings. The molecule has 1 saturated heterocycles. The Morgan fingerprint density at radius 2 is 1.23 bits per heavy atom. The molecule has 0 saturated carbocycles. The van der Waals surface area contributed by atoms with Crippen molar-refractivity contribution in [3.63, 3.8) is 0 Å². The molecule has 1 fully saturated rings. The fourth-order valence-electron chi connectivity index (χ4n) is 2.73. The molecule has 0 radical (unpaired) electrons. The van der Waals surface area contributed by atoms with Crippen LogP contribution in [0.5, 0.6) is 0 Å². The zero-order valence-electron chi connectivity index (χ0n) is 16.0. The zero-order valence-corrected chi connectivity index (χ0v) is 16.0. The minimum Gasteiger partial charge on any atom is -0.463 e. The van der Waals surface area contributed by atoms with Crippen LogP contribution in [-0.2, 0) is 28.8 Å². The summed E-state index contributed by atoms with van der Waals surface area (Å²) < 4.78 is 5.08. The van der Waals surface area contributed by atoms with E-state index in [9.17, 15) is 19.2 Å². The summed E-state index contributed by atoms with van der Waals surface area (Å²) in [6.45, 7) is 3.70. The number of hydrogen-bond acceptors (Lipinski definition) is 6. The first-order valence-electron chi connectivity index (χ1n) is 9.66. The third-order valence-corrected chi connectivity index (χ3v) is 4.08. The summed E-state index contributed by atoms with van der Waals surface area (Å²) in [5, 5.41) is 0.597. The van der Waals surface area contributed by atoms with Crippen molar-refractivity contribution in [3.8, 4) is 0 Å². The van der Waals surface area contributed by atoms with Gasteiger partial charge < -0.3 is 9.57 Å². The van der Waals surface area contributed by atoms with Gasteiger partial charge in [0.2, 0.25) is 0 Å². The van der Waals surface area contributed by atoms with E-state index in [2.05, 4.69) is 0 Å². The molecule has 1 rings (SSSR count). The van der Waals surface area contributed by atoms with Crippen LogP contribution in [0.3, 0.4) is 0 Å². The minimum absolute atomic E-state index is 0.0453. The van der Waals surface area contributed by atoms with Crippen molar-refractivity contribution < 1.29 is 28.8 Å². The number of carbonyl (C=O) groups is 4. The van der Waals surface area contributed by atoms with Gasteiger partial charge in [-0.3, -0.25) is 14.4 Å². The SMILES string of the molecule is CC(C)OC(=O)CCCCCCCCCCC(=O)ON1C(=O)CCC1=O. The Bertz CT molecular complexity index is 472. The van der Waals surface area contributed by atoms with Gasteiger partial charge in [-0.15, -0.1) is 5.06 Å². The fraction of sp³-hybridized carbons (Fsp3) is 0.789. The summed E-state index contributed by atoms with van der Waals surface area (Å²) in [7, 11) is 0. The highest BCUT2D eigenvalue weighted by Crippen LogP contribution is 2.14. The monoisotopic (exact) mass is 369 g/mol. The van der Waals surface area contributed by atoms with Gasteiger partial charge in [0.05, 0.1) is 6.10 Å². The molecule has 0 N–H and O–H groups in total. The highest BCUT2D eigenvalue weighted by Gasteiger charge is 2.32. The van der Waals surface area contributed by atoms with Crippen molar-refractivity contribution in [1.82, 2.24) is 5.06 Å². The number of unbranched alkanes of at least 4 members (excludes halogenated alkanes) is 7. The molecule has 1 heterocycles. The molecule has 0 aromatic carbocycles. The van der Waals surface area contributed by atoms with Gasteiger partial charge in [0.25, 0.3) is 11.8 Å². The molecule has 26 heavy (non-hydrogen) atoms. The van der Waals surface area contributed by atoms with Crippen LogP contribution >= 0.6 is 0 Å². The van der Waals surface area contributed by atoms with Gasteiger partial charge >= 0.3 is 11.9 Å². The summed E-state index contributed by atoms with van der Waals surface area (Å²) in [4.78, 5) is 50.4. The van der Waals surface area contributed by atoms with Gasteiger partial charge in [0.1, 0.15) is 0 Å². The molecule has 2 amide bonds. The van der Waals surface area contributed by atoms with E-state index in [0.29, 0.717) is 17.9 Å². The van der Waals surface area contributed by atoms with Gasteiger partial charge in [-0.2, -0.15) is 0 Å². The van der Waals surface area contributed by atoms with E-state index in [1.165, 1.54) is 0 Å². The number of imide groups is 1.